The van der Waals surface area contributed by atoms with E-state index in [2.05, 4.69) is 5.16 Å². The largest absolute Gasteiger partial charge is 0.454 e. The van der Waals surface area contributed by atoms with Crippen LogP contribution in [0.5, 0.6) is 0 Å². The highest BCUT2D eigenvalue weighted by atomic mass is 16.6. The number of ketones is 1. The van der Waals surface area contributed by atoms with E-state index in [1.807, 2.05) is 11.8 Å². The molecule has 3 heterocycles. The molecule has 0 unspecified atom stereocenters. The van der Waals surface area contributed by atoms with Crippen LogP contribution in [0.15, 0.2) is 34.9 Å². The number of Topliss-reactive ketones (excluding diaryl/α,β-unsaturated/α-hetero) is 1. The van der Waals surface area contributed by atoms with Crippen molar-refractivity contribution in [3.63, 3.8) is 0 Å². The van der Waals surface area contributed by atoms with Crippen LogP contribution in [0.3, 0.4) is 0 Å². The highest BCUT2D eigenvalue weighted by Crippen LogP contribution is 2.27. The molecule has 0 saturated carbocycles. The summed E-state index contributed by atoms with van der Waals surface area (Å²) in [6.45, 7) is 6.88. The summed E-state index contributed by atoms with van der Waals surface area (Å²) in [7, 11) is 0. The first-order valence-electron chi connectivity index (χ1n) is 10.7. The van der Waals surface area contributed by atoms with Crippen LogP contribution in [-0.4, -0.2) is 59.3 Å². The van der Waals surface area contributed by atoms with Crippen LogP contribution in [0.2, 0.25) is 0 Å². The zero-order valence-corrected chi connectivity index (χ0v) is 19.1. The lowest BCUT2D eigenvalue weighted by Crippen LogP contribution is -2.37. The van der Waals surface area contributed by atoms with Crippen molar-refractivity contribution in [2.24, 2.45) is 0 Å². The van der Waals surface area contributed by atoms with Crippen molar-refractivity contribution >= 4 is 23.1 Å². The first-order chi connectivity index (χ1) is 16.3. The Balaban J connectivity index is 1.54. The molecule has 3 aromatic rings. The van der Waals surface area contributed by atoms with Crippen LogP contribution < -0.4 is 4.90 Å². The SMILES string of the molecule is Cc1cc(-n2c(C)cc(C(=O)COC(=O)c3cc([N+](=O)[O-])ccc3N3CCOCC3)c2C)no1. The topological polar surface area (TPSA) is 130 Å². The van der Waals surface area contributed by atoms with Gasteiger partial charge in [-0.1, -0.05) is 5.16 Å². The molecule has 0 aliphatic carbocycles. The van der Waals surface area contributed by atoms with Crippen molar-refractivity contribution in [3.05, 3.63) is 68.7 Å². The predicted octanol–water partition coefficient (Wildman–Crippen LogP) is 3.18. The molecular weight excluding hydrogens is 444 g/mol. The van der Waals surface area contributed by atoms with Crippen LogP contribution in [0.4, 0.5) is 11.4 Å². The summed E-state index contributed by atoms with van der Waals surface area (Å²) in [5.41, 5.74) is 2.10. The molecule has 0 radical (unpaired) electrons. The van der Waals surface area contributed by atoms with Gasteiger partial charge in [0.25, 0.3) is 5.69 Å². The maximum Gasteiger partial charge on any atom is 0.340 e. The lowest BCUT2D eigenvalue weighted by molar-refractivity contribution is -0.384. The van der Waals surface area contributed by atoms with Crippen molar-refractivity contribution in [3.8, 4) is 5.82 Å². The lowest BCUT2D eigenvalue weighted by Gasteiger charge is -2.30. The van der Waals surface area contributed by atoms with E-state index in [1.165, 1.54) is 18.2 Å². The molecule has 0 bridgehead atoms. The average Bonchev–Trinajstić information content (AvgIpc) is 3.38. The number of nitro benzene ring substituents is 1. The van der Waals surface area contributed by atoms with Gasteiger partial charge in [0, 0.05) is 48.2 Å². The fraction of sp³-hybridized carbons (Fsp3) is 0.348. The van der Waals surface area contributed by atoms with Gasteiger partial charge in [0.05, 0.1) is 29.4 Å². The maximum absolute atomic E-state index is 12.9. The highest BCUT2D eigenvalue weighted by molar-refractivity contribution is 6.02. The Labute approximate surface area is 195 Å². The number of esters is 1. The van der Waals surface area contributed by atoms with Gasteiger partial charge in [-0.3, -0.25) is 19.5 Å². The molecule has 1 saturated heterocycles. The zero-order valence-electron chi connectivity index (χ0n) is 19.1. The normalized spacial score (nSPS) is 13.7. The van der Waals surface area contributed by atoms with Gasteiger partial charge in [0.2, 0.25) is 5.78 Å². The van der Waals surface area contributed by atoms with Gasteiger partial charge in [-0.15, -0.1) is 0 Å². The first-order valence-corrected chi connectivity index (χ1v) is 10.7. The molecule has 0 N–H and O–H groups in total. The van der Waals surface area contributed by atoms with Gasteiger partial charge in [0.15, 0.2) is 12.4 Å². The van der Waals surface area contributed by atoms with Gasteiger partial charge in [-0.2, -0.15) is 0 Å². The molecule has 34 heavy (non-hydrogen) atoms. The van der Waals surface area contributed by atoms with E-state index in [-0.39, 0.29) is 11.3 Å². The number of ether oxygens (including phenoxy) is 2. The molecule has 0 amide bonds. The van der Waals surface area contributed by atoms with E-state index in [0.29, 0.717) is 54.8 Å². The van der Waals surface area contributed by atoms with Crippen molar-refractivity contribution in [1.82, 2.24) is 9.72 Å². The number of morpholine rings is 1. The number of non-ortho nitro benzene ring substituents is 1. The second kappa shape index (κ2) is 9.48. The molecule has 1 aliphatic rings. The number of nitro groups is 1. The van der Waals surface area contributed by atoms with Crippen molar-refractivity contribution in [1.29, 1.82) is 0 Å². The first kappa shape index (κ1) is 23.2. The van der Waals surface area contributed by atoms with Crippen LogP contribution in [0.1, 0.15) is 37.9 Å². The average molecular weight is 468 g/mol. The summed E-state index contributed by atoms with van der Waals surface area (Å²) in [5.74, 6) is -0.0154. The van der Waals surface area contributed by atoms with E-state index in [1.54, 1.807) is 30.5 Å². The lowest BCUT2D eigenvalue weighted by atomic mass is 10.1. The van der Waals surface area contributed by atoms with Gasteiger partial charge in [-0.25, -0.2) is 4.79 Å². The molecular formula is C23H24N4O7. The van der Waals surface area contributed by atoms with Crippen molar-refractivity contribution < 1.29 is 28.5 Å². The number of nitrogens with zero attached hydrogens (tertiary/aromatic N) is 4. The van der Waals surface area contributed by atoms with Crippen molar-refractivity contribution in [2.75, 3.05) is 37.8 Å². The third-order valence-electron chi connectivity index (χ3n) is 5.67. The van der Waals surface area contributed by atoms with E-state index < -0.39 is 23.3 Å². The fourth-order valence-corrected chi connectivity index (χ4v) is 4.02. The van der Waals surface area contributed by atoms with E-state index in [4.69, 9.17) is 14.0 Å². The Bertz CT molecular complexity index is 1250. The summed E-state index contributed by atoms with van der Waals surface area (Å²) < 4.78 is 17.6. The molecule has 1 aliphatic heterocycles. The number of anilines is 1. The second-order valence-corrected chi connectivity index (χ2v) is 7.97. The smallest absolute Gasteiger partial charge is 0.340 e. The Morgan fingerprint density at radius 1 is 1.12 bits per heavy atom. The minimum Gasteiger partial charge on any atom is -0.454 e. The summed E-state index contributed by atoms with van der Waals surface area (Å²) in [4.78, 5) is 38.4. The highest BCUT2D eigenvalue weighted by Gasteiger charge is 2.25. The number of carbonyl (C=O) groups excluding carboxylic acids is 2. The number of aryl methyl sites for hydroxylation is 2. The van der Waals surface area contributed by atoms with Gasteiger partial charge in [-0.05, 0) is 32.9 Å². The van der Waals surface area contributed by atoms with Crippen LogP contribution in [-0.2, 0) is 9.47 Å². The molecule has 11 heteroatoms. The van der Waals surface area contributed by atoms with E-state index >= 15 is 0 Å². The molecule has 2 aromatic heterocycles. The van der Waals surface area contributed by atoms with Crippen LogP contribution in [0, 0.1) is 30.9 Å². The van der Waals surface area contributed by atoms with Crippen LogP contribution >= 0.6 is 0 Å². The molecule has 4 rings (SSSR count). The molecule has 0 atom stereocenters. The standard InChI is InChI=1S/C23H24N4O7/c1-14-10-18(16(3)26(14)22-11-15(2)34-24-22)21(28)13-33-23(29)19-12-17(27(30)31)4-5-20(19)25-6-8-32-9-7-25/h4-5,10-12H,6-9,13H2,1-3H3. The minimum atomic E-state index is -0.806. The summed E-state index contributed by atoms with van der Waals surface area (Å²) in [5, 5.41) is 15.2. The number of hydrogen-bond donors (Lipinski definition) is 0. The number of carbonyl (C=O) groups is 2. The Hall–Kier alpha value is -3.99. The molecule has 0 spiro atoms. The van der Waals surface area contributed by atoms with Gasteiger partial charge in [0.1, 0.15) is 5.76 Å². The Morgan fingerprint density at radius 2 is 1.85 bits per heavy atom. The minimum absolute atomic E-state index is 0.0347. The van der Waals surface area contributed by atoms with Gasteiger partial charge < -0.3 is 18.9 Å². The number of rotatable bonds is 7. The quantitative estimate of drug-likeness (QED) is 0.222. The summed E-state index contributed by atoms with van der Waals surface area (Å²) in [6.07, 6.45) is 0. The number of aromatic nitrogens is 2. The van der Waals surface area contributed by atoms with Crippen LogP contribution in [0.25, 0.3) is 5.82 Å². The van der Waals surface area contributed by atoms with Crippen molar-refractivity contribution in [2.45, 2.75) is 20.8 Å². The number of hydrogen-bond acceptors (Lipinski definition) is 9. The third kappa shape index (κ3) is 4.55. The third-order valence-corrected chi connectivity index (χ3v) is 5.67. The predicted molar refractivity (Wildman–Crippen MR) is 121 cm³/mol. The van der Waals surface area contributed by atoms with E-state index in [0.717, 1.165) is 5.69 Å². The maximum atomic E-state index is 12.9. The summed E-state index contributed by atoms with van der Waals surface area (Å²) in [6, 6.07) is 7.49. The molecule has 178 valence electrons. The zero-order chi connectivity index (χ0) is 24.4. The Kier molecular flexibility index (Phi) is 6.46. The second-order valence-electron chi connectivity index (χ2n) is 7.97. The Morgan fingerprint density at radius 3 is 2.50 bits per heavy atom. The molecule has 1 aromatic carbocycles. The molecule has 1 fully saturated rings. The summed E-state index contributed by atoms with van der Waals surface area (Å²) >= 11 is 0. The fourth-order valence-electron chi connectivity index (χ4n) is 4.02. The van der Waals surface area contributed by atoms with Gasteiger partial charge >= 0.3 is 5.97 Å². The monoisotopic (exact) mass is 468 g/mol. The number of benzene rings is 1. The molecule has 11 nitrogen and oxygen atoms in total. The van der Waals surface area contributed by atoms with E-state index in [9.17, 15) is 19.7 Å².